The maximum absolute atomic E-state index is 11.9. The summed E-state index contributed by atoms with van der Waals surface area (Å²) in [5, 5.41) is 8.46. The molecule has 3 N–H and O–H groups in total. The van der Waals surface area contributed by atoms with Crippen molar-refractivity contribution in [2.45, 2.75) is 32.1 Å². The van der Waals surface area contributed by atoms with Crippen LogP contribution in [-0.2, 0) is 38.7 Å². The first kappa shape index (κ1) is 29.5. The highest BCUT2D eigenvalue weighted by Gasteiger charge is 2.49. The number of carboxylic acids is 1. The predicted molar refractivity (Wildman–Crippen MR) is 125 cm³/mol. The summed E-state index contributed by atoms with van der Waals surface area (Å²) in [7, 11) is -4.02. The van der Waals surface area contributed by atoms with Gasteiger partial charge in [-0.1, -0.05) is 12.2 Å². The van der Waals surface area contributed by atoms with Gasteiger partial charge >= 0.3 is 22.3 Å². The predicted octanol–water partition coefficient (Wildman–Crippen LogP) is 1.08. The highest BCUT2D eigenvalue weighted by Crippen LogP contribution is 2.52. The van der Waals surface area contributed by atoms with E-state index in [1.54, 1.807) is 0 Å². The maximum atomic E-state index is 11.9. The van der Waals surface area contributed by atoms with Gasteiger partial charge in [0.25, 0.3) is 0 Å². The van der Waals surface area contributed by atoms with Gasteiger partial charge in [-0.05, 0) is 43.4 Å². The molecule has 2 aliphatic rings. The molecule has 1 amide bonds. The third kappa shape index (κ3) is 13.8. The maximum Gasteiger partial charge on any atom is 0.421 e. The Morgan fingerprint density at radius 3 is 1.89 bits per heavy atom. The van der Waals surface area contributed by atoms with Crippen molar-refractivity contribution < 1.29 is 46.8 Å². The number of nitrogens with one attached hydrogen (secondary N) is 2. The standard InChI is InChI=1S/C22H38N2O10S/c25-21(26)7-9-30-11-13-32-15-16-33-14-12-31-10-8-23-35(28,29)24-22(27)34-17-20-18-5-3-1-2-4-6-19(18)20/h1-2,18-20,23H,3-17H2,(H,24,27)(H,25,26)/b2-1-/t18-,19+,20?. The minimum absolute atomic E-state index is 0.00657. The van der Waals surface area contributed by atoms with Crippen molar-refractivity contribution in [3.8, 4) is 0 Å². The SMILES string of the molecule is O=C(O)CCOCCOCCOCCOCCNS(=O)(=O)NC(=O)OCC1[C@H]2CC/C=C\CC[C@@H]12. The van der Waals surface area contributed by atoms with E-state index in [4.69, 9.17) is 28.8 Å². The second-order valence-corrected chi connectivity index (χ2v) is 9.81. The van der Waals surface area contributed by atoms with Gasteiger partial charge in [-0.15, -0.1) is 0 Å². The van der Waals surface area contributed by atoms with E-state index in [0.29, 0.717) is 50.8 Å². The van der Waals surface area contributed by atoms with Gasteiger partial charge in [0.05, 0.1) is 65.9 Å². The molecule has 0 bridgehead atoms. The zero-order chi connectivity index (χ0) is 25.4. The number of allylic oxidation sites excluding steroid dienone is 2. The number of carboxylic acid groups (broad SMARTS) is 1. The molecule has 0 radical (unpaired) electrons. The monoisotopic (exact) mass is 522 g/mol. The summed E-state index contributed by atoms with van der Waals surface area (Å²) in [5.41, 5.74) is 0. The van der Waals surface area contributed by atoms with E-state index in [1.807, 2.05) is 4.72 Å². The molecule has 0 spiro atoms. The lowest BCUT2D eigenvalue weighted by Crippen LogP contribution is -2.42. The Hall–Kier alpha value is -1.77. The molecule has 1 unspecified atom stereocenters. The molecule has 3 atom stereocenters. The van der Waals surface area contributed by atoms with Crippen molar-refractivity contribution in [3.63, 3.8) is 0 Å². The van der Waals surface area contributed by atoms with Gasteiger partial charge in [0.15, 0.2) is 0 Å². The first-order valence-corrected chi connectivity index (χ1v) is 13.5. The summed E-state index contributed by atoms with van der Waals surface area (Å²) >= 11 is 0. The minimum atomic E-state index is -4.02. The molecular weight excluding hydrogens is 484 g/mol. The Balaban J connectivity index is 1.37. The summed E-state index contributed by atoms with van der Waals surface area (Å²) < 4.78 is 54.0. The van der Waals surface area contributed by atoms with Gasteiger partial charge in [-0.2, -0.15) is 13.1 Å². The molecule has 2 aliphatic carbocycles. The van der Waals surface area contributed by atoms with E-state index in [0.717, 1.165) is 25.7 Å². The number of aliphatic carboxylic acids is 1. The van der Waals surface area contributed by atoms with Gasteiger partial charge in [0.1, 0.15) is 0 Å². The normalized spacial score (nSPS) is 22.5. The highest BCUT2D eigenvalue weighted by molar-refractivity contribution is 7.88. The Bertz CT molecular complexity index is 745. The number of amides is 1. The molecule has 0 aromatic rings. The average Bonchev–Trinajstić information content (AvgIpc) is 3.43. The molecular formula is C22H38N2O10S. The van der Waals surface area contributed by atoms with Crippen LogP contribution in [0.1, 0.15) is 32.1 Å². The summed E-state index contributed by atoms with van der Waals surface area (Å²) in [6.07, 6.45) is 7.63. The molecule has 12 nitrogen and oxygen atoms in total. The average molecular weight is 523 g/mol. The zero-order valence-electron chi connectivity index (χ0n) is 20.0. The number of fused-ring (bicyclic) bond motifs is 1. The van der Waals surface area contributed by atoms with E-state index in [1.165, 1.54) is 0 Å². The number of ether oxygens (including phenoxy) is 5. The molecule has 1 saturated carbocycles. The Kier molecular flexibility index (Phi) is 14.2. The highest BCUT2D eigenvalue weighted by atomic mass is 32.2. The van der Waals surface area contributed by atoms with E-state index in [9.17, 15) is 18.0 Å². The molecule has 0 aromatic heterocycles. The minimum Gasteiger partial charge on any atom is -0.481 e. The number of carbonyl (C=O) groups excluding carboxylic acids is 1. The molecule has 0 heterocycles. The Morgan fingerprint density at radius 1 is 0.829 bits per heavy atom. The number of rotatable bonds is 19. The number of hydrogen-bond donors (Lipinski definition) is 3. The van der Waals surface area contributed by atoms with Gasteiger partial charge in [-0.25, -0.2) is 9.52 Å². The van der Waals surface area contributed by atoms with Crippen molar-refractivity contribution in [2.75, 3.05) is 66.0 Å². The van der Waals surface area contributed by atoms with Gasteiger partial charge in [0, 0.05) is 6.54 Å². The van der Waals surface area contributed by atoms with E-state index >= 15 is 0 Å². The van der Waals surface area contributed by atoms with E-state index in [-0.39, 0.29) is 39.4 Å². The third-order valence-electron chi connectivity index (χ3n) is 5.75. The van der Waals surface area contributed by atoms with Crippen molar-refractivity contribution in [1.29, 1.82) is 0 Å². The number of carbonyl (C=O) groups is 2. The topological polar surface area (TPSA) is 159 Å². The lowest BCUT2D eigenvalue weighted by atomic mass is 10.1. The molecule has 13 heteroatoms. The van der Waals surface area contributed by atoms with Crippen LogP contribution in [0.4, 0.5) is 4.79 Å². The molecule has 0 aromatic carbocycles. The van der Waals surface area contributed by atoms with Crippen LogP contribution in [0.15, 0.2) is 12.2 Å². The summed E-state index contributed by atoms with van der Waals surface area (Å²) in [6.45, 7) is 2.48. The van der Waals surface area contributed by atoms with Crippen molar-refractivity contribution in [3.05, 3.63) is 12.2 Å². The lowest BCUT2D eigenvalue weighted by molar-refractivity contribution is -0.138. The van der Waals surface area contributed by atoms with Crippen LogP contribution >= 0.6 is 0 Å². The molecule has 202 valence electrons. The van der Waals surface area contributed by atoms with Crippen LogP contribution in [0.5, 0.6) is 0 Å². The smallest absolute Gasteiger partial charge is 0.421 e. The molecule has 2 rings (SSSR count). The number of hydrogen-bond acceptors (Lipinski definition) is 9. The first-order valence-electron chi connectivity index (χ1n) is 12.0. The fourth-order valence-corrected chi connectivity index (χ4v) is 4.66. The Morgan fingerprint density at radius 2 is 1.34 bits per heavy atom. The molecule has 35 heavy (non-hydrogen) atoms. The molecule has 0 saturated heterocycles. The second kappa shape index (κ2) is 16.8. The first-order chi connectivity index (χ1) is 16.9. The second-order valence-electron chi connectivity index (χ2n) is 8.31. The Labute approximate surface area is 206 Å². The van der Waals surface area contributed by atoms with E-state index < -0.39 is 22.3 Å². The summed E-state index contributed by atoms with van der Waals surface area (Å²) in [5.74, 6) is 0.545. The van der Waals surface area contributed by atoms with Crippen LogP contribution in [0.2, 0.25) is 0 Å². The zero-order valence-corrected chi connectivity index (χ0v) is 20.8. The quantitative estimate of drug-likeness (QED) is 0.165. The van der Waals surface area contributed by atoms with Crippen LogP contribution in [-0.4, -0.2) is 91.6 Å². The van der Waals surface area contributed by atoms with Gasteiger partial charge < -0.3 is 28.8 Å². The fraction of sp³-hybridized carbons (Fsp3) is 0.818. The fourth-order valence-electron chi connectivity index (χ4n) is 3.96. The van der Waals surface area contributed by atoms with Gasteiger partial charge in [-0.3, -0.25) is 4.79 Å². The summed E-state index contributed by atoms with van der Waals surface area (Å²) in [6, 6.07) is 0. The van der Waals surface area contributed by atoms with Crippen LogP contribution in [0.3, 0.4) is 0 Å². The van der Waals surface area contributed by atoms with Crippen molar-refractivity contribution in [1.82, 2.24) is 9.44 Å². The van der Waals surface area contributed by atoms with Crippen LogP contribution in [0, 0.1) is 17.8 Å². The van der Waals surface area contributed by atoms with Crippen LogP contribution in [0.25, 0.3) is 0 Å². The largest absolute Gasteiger partial charge is 0.481 e. The van der Waals surface area contributed by atoms with Crippen molar-refractivity contribution >= 4 is 22.3 Å². The molecule has 1 fully saturated rings. The lowest BCUT2D eigenvalue weighted by Gasteiger charge is -2.10. The third-order valence-corrected chi connectivity index (χ3v) is 6.77. The van der Waals surface area contributed by atoms with Crippen molar-refractivity contribution in [2.24, 2.45) is 17.8 Å². The van der Waals surface area contributed by atoms with E-state index in [2.05, 4.69) is 16.9 Å². The molecule has 0 aliphatic heterocycles. The van der Waals surface area contributed by atoms with Crippen LogP contribution < -0.4 is 9.44 Å². The summed E-state index contributed by atoms with van der Waals surface area (Å²) in [4.78, 5) is 22.2. The van der Waals surface area contributed by atoms with Gasteiger partial charge in [0.2, 0.25) is 0 Å².